The quantitative estimate of drug-likeness (QED) is 0.339. The first-order chi connectivity index (χ1) is 17.0. The minimum Gasteiger partial charge on any atom is -0.385 e. The van der Waals surface area contributed by atoms with Gasteiger partial charge in [0, 0.05) is 31.9 Å². The molecule has 5 heteroatoms. The van der Waals surface area contributed by atoms with Gasteiger partial charge in [0.1, 0.15) is 5.60 Å². The number of unbranched alkanes of at least 4 members (excludes halogenated alkanes) is 1. The van der Waals surface area contributed by atoms with Crippen LogP contribution in [0.2, 0.25) is 0 Å². The van der Waals surface area contributed by atoms with Gasteiger partial charge in [-0.3, -0.25) is 4.79 Å². The number of aliphatic hydroxyl groups is 1. The van der Waals surface area contributed by atoms with Crippen molar-refractivity contribution in [3.8, 4) is 0 Å². The fraction of sp³-hybridized carbons (Fsp3) is 0.567. The molecule has 35 heavy (non-hydrogen) atoms. The third-order valence-corrected chi connectivity index (χ3v) is 7.46. The van der Waals surface area contributed by atoms with Crippen LogP contribution in [0.25, 0.3) is 0 Å². The summed E-state index contributed by atoms with van der Waals surface area (Å²) in [5.41, 5.74) is 2.12. The van der Waals surface area contributed by atoms with Crippen LogP contribution in [0.1, 0.15) is 84.8 Å². The minimum atomic E-state index is -1.16. The van der Waals surface area contributed by atoms with E-state index in [2.05, 4.69) is 10.6 Å². The lowest BCUT2D eigenvalue weighted by atomic mass is 9.79. The number of methoxy groups -OCH3 is 1. The molecule has 1 unspecified atom stereocenters. The van der Waals surface area contributed by atoms with Crippen molar-refractivity contribution in [3.05, 3.63) is 70.8 Å². The first kappa shape index (κ1) is 27.4. The molecule has 0 radical (unpaired) electrons. The molecular weight excluding hydrogens is 436 g/mol. The van der Waals surface area contributed by atoms with Crippen LogP contribution in [0.15, 0.2) is 48.5 Å². The van der Waals surface area contributed by atoms with E-state index in [0.29, 0.717) is 24.5 Å². The molecular formula is C30H44N2O3. The smallest absolute Gasteiger partial charge is 0.251 e. The number of amides is 1. The standard InChI is InChI=1S/C30H44N2O3/c1-23-12-7-8-17-28(23)30(34,18-9-10-19-35-3)26-16-11-15-25(21-26)29(33)32-27(22-31-2)20-24-13-5-4-6-14-24/h7-8,11-12,15-17,21,24,27,31,34H,4-6,9-10,13-14,18-20,22H2,1-3H3,(H,32,33)/t27?,30-/m0/s1. The molecule has 192 valence electrons. The van der Waals surface area contributed by atoms with Crippen LogP contribution >= 0.6 is 0 Å². The molecule has 3 rings (SSSR count). The Kier molecular flexibility index (Phi) is 10.8. The Morgan fingerprint density at radius 1 is 1.11 bits per heavy atom. The Morgan fingerprint density at radius 3 is 2.60 bits per heavy atom. The van der Waals surface area contributed by atoms with Gasteiger partial charge in [-0.25, -0.2) is 0 Å². The molecule has 1 fully saturated rings. The number of aryl methyl sites for hydroxylation is 1. The van der Waals surface area contributed by atoms with Gasteiger partial charge in [-0.05, 0) is 74.4 Å². The summed E-state index contributed by atoms with van der Waals surface area (Å²) in [6.07, 6.45) is 9.73. The minimum absolute atomic E-state index is 0.0746. The highest BCUT2D eigenvalue weighted by atomic mass is 16.5. The first-order valence-electron chi connectivity index (χ1n) is 13.3. The van der Waals surface area contributed by atoms with Gasteiger partial charge in [0.05, 0.1) is 0 Å². The van der Waals surface area contributed by atoms with Gasteiger partial charge < -0.3 is 20.5 Å². The maximum absolute atomic E-state index is 13.3. The van der Waals surface area contributed by atoms with Gasteiger partial charge in [-0.15, -0.1) is 0 Å². The molecule has 2 aromatic carbocycles. The topological polar surface area (TPSA) is 70.6 Å². The fourth-order valence-electron chi connectivity index (χ4n) is 5.55. The number of benzene rings is 2. The molecule has 0 heterocycles. The van der Waals surface area contributed by atoms with Crippen molar-refractivity contribution in [2.75, 3.05) is 27.3 Å². The summed E-state index contributed by atoms with van der Waals surface area (Å²) in [5, 5.41) is 18.6. The molecule has 3 N–H and O–H groups in total. The predicted molar refractivity (Wildman–Crippen MR) is 143 cm³/mol. The number of ether oxygens (including phenoxy) is 1. The second kappa shape index (κ2) is 13.8. The van der Waals surface area contributed by atoms with Crippen molar-refractivity contribution in [3.63, 3.8) is 0 Å². The molecule has 1 amide bonds. The molecule has 0 bridgehead atoms. The number of carbonyl (C=O) groups excluding carboxylic acids is 1. The van der Waals surface area contributed by atoms with E-state index in [1.165, 1.54) is 32.1 Å². The second-order valence-corrected chi connectivity index (χ2v) is 10.2. The number of rotatable bonds is 13. The molecule has 0 aromatic heterocycles. The second-order valence-electron chi connectivity index (χ2n) is 10.2. The molecule has 0 aliphatic heterocycles. The highest BCUT2D eigenvalue weighted by molar-refractivity contribution is 5.94. The monoisotopic (exact) mass is 480 g/mol. The zero-order valence-electron chi connectivity index (χ0n) is 21.8. The van der Waals surface area contributed by atoms with Crippen LogP contribution in [0.4, 0.5) is 0 Å². The number of hydrogen-bond donors (Lipinski definition) is 3. The largest absolute Gasteiger partial charge is 0.385 e. The Morgan fingerprint density at radius 2 is 1.89 bits per heavy atom. The van der Waals surface area contributed by atoms with Crippen molar-refractivity contribution >= 4 is 5.91 Å². The van der Waals surface area contributed by atoms with Crippen molar-refractivity contribution < 1.29 is 14.6 Å². The zero-order valence-corrected chi connectivity index (χ0v) is 21.8. The van der Waals surface area contributed by atoms with Gasteiger partial charge in [0.2, 0.25) is 0 Å². The van der Waals surface area contributed by atoms with E-state index >= 15 is 0 Å². The van der Waals surface area contributed by atoms with E-state index in [-0.39, 0.29) is 11.9 Å². The summed E-state index contributed by atoms with van der Waals surface area (Å²) in [6.45, 7) is 3.45. The van der Waals surface area contributed by atoms with Gasteiger partial charge >= 0.3 is 0 Å². The van der Waals surface area contributed by atoms with E-state index < -0.39 is 5.60 Å². The normalized spacial score (nSPS) is 17.0. The SMILES string of the molecule is CNCC(CC1CCCCC1)NC(=O)c1cccc([C@@](O)(CCCCOC)c2ccccc2C)c1. The Bertz CT molecular complexity index is 925. The Labute approximate surface area is 211 Å². The summed E-state index contributed by atoms with van der Waals surface area (Å²) >= 11 is 0. The fourth-order valence-corrected chi connectivity index (χ4v) is 5.55. The molecule has 2 atom stereocenters. The maximum atomic E-state index is 13.3. The summed E-state index contributed by atoms with van der Waals surface area (Å²) in [6, 6.07) is 15.6. The lowest BCUT2D eigenvalue weighted by Gasteiger charge is -2.31. The highest BCUT2D eigenvalue weighted by Crippen LogP contribution is 2.37. The number of carbonyl (C=O) groups is 1. The first-order valence-corrected chi connectivity index (χ1v) is 13.3. The van der Waals surface area contributed by atoms with Crippen LogP contribution in [-0.2, 0) is 10.3 Å². The van der Waals surface area contributed by atoms with Crippen molar-refractivity contribution in [1.29, 1.82) is 0 Å². The zero-order chi connectivity index (χ0) is 25.1. The van der Waals surface area contributed by atoms with E-state index in [1.807, 2.05) is 62.5 Å². The van der Waals surface area contributed by atoms with Gasteiger partial charge in [0.15, 0.2) is 0 Å². The third-order valence-electron chi connectivity index (χ3n) is 7.46. The average Bonchev–Trinajstić information content (AvgIpc) is 2.87. The Hall–Kier alpha value is -2.21. The molecule has 0 spiro atoms. The van der Waals surface area contributed by atoms with Crippen LogP contribution in [0, 0.1) is 12.8 Å². The van der Waals surface area contributed by atoms with Crippen LogP contribution in [0.5, 0.6) is 0 Å². The van der Waals surface area contributed by atoms with E-state index in [0.717, 1.165) is 42.5 Å². The van der Waals surface area contributed by atoms with Crippen LogP contribution in [-0.4, -0.2) is 44.4 Å². The van der Waals surface area contributed by atoms with E-state index in [4.69, 9.17) is 4.74 Å². The molecule has 1 aliphatic carbocycles. The van der Waals surface area contributed by atoms with Crippen molar-refractivity contribution in [1.82, 2.24) is 10.6 Å². The van der Waals surface area contributed by atoms with Gasteiger partial charge in [0.25, 0.3) is 5.91 Å². The molecule has 0 saturated heterocycles. The highest BCUT2D eigenvalue weighted by Gasteiger charge is 2.33. The van der Waals surface area contributed by atoms with Crippen molar-refractivity contribution in [2.45, 2.75) is 76.4 Å². The lowest BCUT2D eigenvalue weighted by Crippen LogP contribution is -2.42. The number of hydrogen-bond acceptors (Lipinski definition) is 4. The Balaban J connectivity index is 1.81. The summed E-state index contributed by atoms with van der Waals surface area (Å²) in [7, 11) is 3.64. The number of likely N-dealkylation sites (N-methyl/N-ethyl adjacent to an activating group) is 1. The van der Waals surface area contributed by atoms with E-state index in [9.17, 15) is 9.90 Å². The summed E-state index contributed by atoms with van der Waals surface area (Å²) in [4.78, 5) is 13.3. The third kappa shape index (κ3) is 7.63. The average molecular weight is 481 g/mol. The van der Waals surface area contributed by atoms with Crippen LogP contribution in [0.3, 0.4) is 0 Å². The van der Waals surface area contributed by atoms with Crippen molar-refractivity contribution in [2.24, 2.45) is 5.92 Å². The molecule has 5 nitrogen and oxygen atoms in total. The van der Waals surface area contributed by atoms with Gasteiger partial charge in [-0.2, -0.15) is 0 Å². The van der Waals surface area contributed by atoms with Crippen LogP contribution < -0.4 is 10.6 Å². The van der Waals surface area contributed by atoms with E-state index in [1.54, 1.807) is 7.11 Å². The molecule has 2 aromatic rings. The molecule has 1 aliphatic rings. The van der Waals surface area contributed by atoms with Gasteiger partial charge in [-0.1, -0.05) is 68.5 Å². The predicted octanol–water partition coefficient (Wildman–Crippen LogP) is 5.34. The lowest BCUT2D eigenvalue weighted by molar-refractivity contribution is 0.0644. The summed E-state index contributed by atoms with van der Waals surface area (Å²) in [5.74, 6) is 0.612. The number of nitrogens with one attached hydrogen (secondary N) is 2. The molecule has 1 saturated carbocycles. The maximum Gasteiger partial charge on any atom is 0.251 e. The summed E-state index contributed by atoms with van der Waals surface area (Å²) < 4.78 is 5.21.